The molecule has 0 saturated carbocycles. The molecule has 4 heteroatoms. The standard InChI is InChI=1S/C16H19N3O/c1-2-17-14-8-10-19(16(14)20)11-13-6-3-5-12-7-4-9-18-15(12)13/h3-7,9,14,17H,2,8,10-11H2,1H3. The molecule has 1 saturated heterocycles. The van der Waals surface area contributed by atoms with Gasteiger partial charge in [-0.05, 0) is 24.6 Å². The number of likely N-dealkylation sites (N-methyl/N-ethyl adjacent to an activating group) is 1. The minimum atomic E-state index is -0.0112. The zero-order chi connectivity index (χ0) is 13.9. The summed E-state index contributed by atoms with van der Waals surface area (Å²) in [5.41, 5.74) is 2.11. The van der Waals surface area contributed by atoms with Crippen molar-refractivity contribution in [3.05, 3.63) is 42.1 Å². The molecule has 4 nitrogen and oxygen atoms in total. The molecule has 0 aliphatic carbocycles. The number of rotatable bonds is 4. The Morgan fingerprint density at radius 2 is 2.20 bits per heavy atom. The third-order valence-electron chi connectivity index (χ3n) is 3.83. The Hall–Kier alpha value is -1.94. The second kappa shape index (κ2) is 5.59. The lowest BCUT2D eigenvalue weighted by Crippen LogP contribution is -2.37. The molecule has 1 fully saturated rings. The van der Waals surface area contributed by atoms with Crippen LogP contribution in [0, 0.1) is 0 Å². The van der Waals surface area contributed by atoms with Crippen LogP contribution in [0.15, 0.2) is 36.5 Å². The predicted molar refractivity (Wildman–Crippen MR) is 79.2 cm³/mol. The molecule has 1 aromatic carbocycles. The lowest BCUT2D eigenvalue weighted by molar-refractivity contribution is -0.129. The van der Waals surface area contributed by atoms with Crippen molar-refractivity contribution in [3.8, 4) is 0 Å². The summed E-state index contributed by atoms with van der Waals surface area (Å²) in [5.74, 6) is 0.208. The quantitative estimate of drug-likeness (QED) is 0.922. The van der Waals surface area contributed by atoms with Crippen LogP contribution in [0.3, 0.4) is 0 Å². The van der Waals surface area contributed by atoms with Gasteiger partial charge in [-0.1, -0.05) is 31.2 Å². The first-order valence-corrected chi connectivity index (χ1v) is 7.14. The van der Waals surface area contributed by atoms with E-state index in [9.17, 15) is 4.79 Å². The van der Waals surface area contributed by atoms with Crippen LogP contribution >= 0.6 is 0 Å². The lowest BCUT2D eigenvalue weighted by Gasteiger charge is -2.17. The summed E-state index contributed by atoms with van der Waals surface area (Å²) in [6.07, 6.45) is 2.70. The van der Waals surface area contributed by atoms with Gasteiger partial charge in [0.25, 0.3) is 0 Å². The van der Waals surface area contributed by atoms with Crippen molar-refractivity contribution in [3.63, 3.8) is 0 Å². The first kappa shape index (κ1) is 13.1. The van der Waals surface area contributed by atoms with Crippen molar-refractivity contribution in [2.75, 3.05) is 13.1 Å². The number of carbonyl (C=O) groups excluding carboxylic acids is 1. The fourth-order valence-electron chi connectivity index (χ4n) is 2.83. The topological polar surface area (TPSA) is 45.2 Å². The molecule has 1 unspecified atom stereocenters. The van der Waals surface area contributed by atoms with Crippen LogP contribution in [0.4, 0.5) is 0 Å². The number of fused-ring (bicyclic) bond motifs is 1. The Morgan fingerprint density at radius 3 is 3.05 bits per heavy atom. The summed E-state index contributed by atoms with van der Waals surface area (Å²) in [6, 6.07) is 10.1. The zero-order valence-corrected chi connectivity index (χ0v) is 11.7. The van der Waals surface area contributed by atoms with E-state index in [-0.39, 0.29) is 11.9 Å². The van der Waals surface area contributed by atoms with Gasteiger partial charge in [0.1, 0.15) is 0 Å². The number of benzene rings is 1. The highest BCUT2D eigenvalue weighted by Gasteiger charge is 2.30. The summed E-state index contributed by atoms with van der Waals surface area (Å²) in [6.45, 7) is 4.33. The lowest BCUT2D eigenvalue weighted by atomic mass is 10.1. The van der Waals surface area contributed by atoms with Gasteiger partial charge in [-0.2, -0.15) is 0 Å². The summed E-state index contributed by atoms with van der Waals surface area (Å²) < 4.78 is 0. The highest BCUT2D eigenvalue weighted by atomic mass is 16.2. The van der Waals surface area contributed by atoms with E-state index in [1.54, 1.807) is 6.20 Å². The van der Waals surface area contributed by atoms with Crippen LogP contribution in [0.2, 0.25) is 0 Å². The van der Waals surface area contributed by atoms with E-state index >= 15 is 0 Å². The van der Waals surface area contributed by atoms with E-state index in [2.05, 4.69) is 28.5 Å². The van der Waals surface area contributed by atoms with Crippen LogP contribution in [-0.4, -0.2) is 34.9 Å². The Balaban J connectivity index is 1.82. The molecule has 1 aromatic heterocycles. The van der Waals surface area contributed by atoms with E-state index in [1.165, 1.54) is 0 Å². The maximum atomic E-state index is 12.3. The zero-order valence-electron chi connectivity index (χ0n) is 11.7. The monoisotopic (exact) mass is 269 g/mol. The van der Waals surface area contributed by atoms with Crippen molar-refractivity contribution in [1.82, 2.24) is 15.2 Å². The SMILES string of the molecule is CCNC1CCN(Cc2cccc3cccnc23)C1=O. The maximum absolute atomic E-state index is 12.3. The molecule has 0 spiro atoms. The Morgan fingerprint density at radius 1 is 1.35 bits per heavy atom. The van der Waals surface area contributed by atoms with E-state index in [0.717, 1.165) is 36.0 Å². The Kier molecular flexibility index (Phi) is 3.65. The number of amides is 1. The maximum Gasteiger partial charge on any atom is 0.240 e. The molecular formula is C16H19N3O. The number of carbonyl (C=O) groups is 1. The normalized spacial score (nSPS) is 18.9. The van der Waals surface area contributed by atoms with Gasteiger partial charge in [0, 0.05) is 24.7 Å². The van der Waals surface area contributed by atoms with Crippen molar-refractivity contribution < 1.29 is 4.79 Å². The molecule has 104 valence electrons. The van der Waals surface area contributed by atoms with Gasteiger partial charge in [-0.25, -0.2) is 0 Å². The number of para-hydroxylation sites is 1. The van der Waals surface area contributed by atoms with Crippen LogP contribution in [0.25, 0.3) is 10.9 Å². The smallest absolute Gasteiger partial charge is 0.240 e. The minimum absolute atomic E-state index is 0.0112. The van der Waals surface area contributed by atoms with E-state index < -0.39 is 0 Å². The number of hydrogen-bond acceptors (Lipinski definition) is 3. The third-order valence-corrected chi connectivity index (χ3v) is 3.83. The summed E-state index contributed by atoms with van der Waals surface area (Å²) in [4.78, 5) is 18.7. The number of nitrogens with one attached hydrogen (secondary N) is 1. The molecular weight excluding hydrogens is 250 g/mol. The van der Waals surface area contributed by atoms with Crippen LogP contribution < -0.4 is 5.32 Å². The number of pyridine rings is 1. The van der Waals surface area contributed by atoms with Gasteiger partial charge in [0.05, 0.1) is 11.6 Å². The van der Waals surface area contributed by atoms with Crippen molar-refractivity contribution in [2.24, 2.45) is 0 Å². The molecule has 0 bridgehead atoms. The second-order valence-electron chi connectivity index (χ2n) is 5.15. The molecule has 1 aliphatic rings. The van der Waals surface area contributed by atoms with E-state index in [1.807, 2.05) is 24.0 Å². The van der Waals surface area contributed by atoms with E-state index in [4.69, 9.17) is 0 Å². The van der Waals surface area contributed by atoms with Gasteiger partial charge in [0.2, 0.25) is 5.91 Å². The molecule has 20 heavy (non-hydrogen) atoms. The van der Waals surface area contributed by atoms with Crippen LogP contribution in [0.1, 0.15) is 18.9 Å². The van der Waals surface area contributed by atoms with Gasteiger partial charge in [0.15, 0.2) is 0 Å². The minimum Gasteiger partial charge on any atom is -0.337 e. The van der Waals surface area contributed by atoms with Crippen LogP contribution in [0.5, 0.6) is 0 Å². The first-order chi connectivity index (χ1) is 9.79. The van der Waals surface area contributed by atoms with Gasteiger partial charge >= 0.3 is 0 Å². The van der Waals surface area contributed by atoms with Crippen molar-refractivity contribution >= 4 is 16.8 Å². The van der Waals surface area contributed by atoms with Crippen LogP contribution in [-0.2, 0) is 11.3 Å². The molecule has 3 rings (SSSR count). The fourth-order valence-corrected chi connectivity index (χ4v) is 2.83. The fraction of sp³-hybridized carbons (Fsp3) is 0.375. The van der Waals surface area contributed by atoms with Gasteiger partial charge in [-0.15, -0.1) is 0 Å². The predicted octanol–water partition coefficient (Wildman–Crippen LogP) is 1.95. The summed E-state index contributed by atoms with van der Waals surface area (Å²) in [5, 5.41) is 4.37. The molecule has 0 radical (unpaired) electrons. The average Bonchev–Trinajstić information content (AvgIpc) is 2.81. The van der Waals surface area contributed by atoms with Gasteiger partial charge < -0.3 is 10.2 Å². The third kappa shape index (κ3) is 2.39. The summed E-state index contributed by atoms with van der Waals surface area (Å²) in [7, 11) is 0. The Labute approximate surface area is 118 Å². The van der Waals surface area contributed by atoms with Crippen molar-refractivity contribution in [2.45, 2.75) is 25.9 Å². The molecule has 1 N–H and O–H groups in total. The molecule has 2 aromatic rings. The number of hydrogen-bond donors (Lipinski definition) is 1. The average molecular weight is 269 g/mol. The molecule has 1 aliphatic heterocycles. The number of nitrogens with zero attached hydrogens (tertiary/aromatic N) is 2. The largest absolute Gasteiger partial charge is 0.337 e. The number of likely N-dealkylation sites (tertiary alicyclic amines) is 1. The molecule has 1 amide bonds. The summed E-state index contributed by atoms with van der Waals surface area (Å²) >= 11 is 0. The van der Waals surface area contributed by atoms with Gasteiger partial charge in [-0.3, -0.25) is 9.78 Å². The first-order valence-electron chi connectivity index (χ1n) is 7.14. The van der Waals surface area contributed by atoms with E-state index in [0.29, 0.717) is 6.54 Å². The highest BCUT2D eigenvalue weighted by Crippen LogP contribution is 2.20. The second-order valence-corrected chi connectivity index (χ2v) is 5.15. The van der Waals surface area contributed by atoms with Crippen molar-refractivity contribution in [1.29, 1.82) is 0 Å². The number of aromatic nitrogens is 1. The highest BCUT2D eigenvalue weighted by molar-refractivity contribution is 5.85. The molecule has 1 atom stereocenters. The molecule has 2 heterocycles. The Bertz CT molecular complexity index is 621.